The summed E-state index contributed by atoms with van der Waals surface area (Å²) in [5.41, 5.74) is 4.57. The van der Waals surface area contributed by atoms with Gasteiger partial charge in [-0.1, -0.05) is 0 Å². The Kier molecular flexibility index (Phi) is 1.76. The first-order valence-corrected chi connectivity index (χ1v) is 4.43. The molecule has 0 radical (unpaired) electrons. The topological polar surface area (TPSA) is 17.0 Å². The Balaban J connectivity index is 2.86. The maximum Gasteiger partial charge on any atom is 0.328 e. The fourth-order valence-corrected chi connectivity index (χ4v) is 1.56. The summed E-state index contributed by atoms with van der Waals surface area (Å²) in [6.45, 7) is 6.20. The van der Waals surface area contributed by atoms with Crippen LogP contribution in [0, 0.1) is 20.8 Å². The second-order valence-electron chi connectivity index (χ2n) is 3.47. The van der Waals surface area contributed by atoms with Crippen LogP contribution in [0.3, 0.4) is 0 Å². The fraction of sp³-hybridized carbons (Fsp3) is 0.273. The zero-order valence-electron chi connectivity index (χ0n) is 8.20. The highest BCUT2D eigenvalue weighted by atomic mass is 15.0. The Hall–Kier alpha value is -1.44. The summed E-state index contributed by atoms with van der Waals surface area (Å²) in [6, 6.07) is 6.28. The maximum atomic E-state index is 4.46. The van der Waals surface area contributed by atoms with Crippen molar-refractivity contribution in [3.63, 3.8) is 0 Å². The smallest absolute Gasteiger partial charge is 0.201 e. The Morgan fingerprint density at radius 3 is 2.69 bits per heavy atom. The third kappa shape index (κ3) is 1.39. The monoisotopic (exact) mass is 173 g/mol. The molecule has 2 rings (SSSR count). The quantitative estimate of drug-likeness (QED) is 0.555. The third-order valence-electron chi connectivity index (χ3n) is 2.18. The molecule has 0 fully saturated rings. The molecular weight excluding hydrogens is 160 g/mol. The van der Waals surface area contributed by atoms with Gasteiger partial charge in [0.25, 0.3) is 0 Å². The molecule has 0 atom stereocenters. The van der Waals surface area contributed by atoms with E-state index in [2.05, 4.69) is 47.6 Å². The molecule has 0 N–H and O–H groups in total. The molecule has 2 heterocycles. The lowest BCUT2D eigenvalue weighted by Crippen LogP contribution is -2.26. The van der Waals surface area contributed by atoms with Crippen molar-refractivity contribution in [2.45, 2.75) is 20.8 Å². The van der Waals surface area contributed by atoms with E-state index in [1.54, 1.807) is 0 Å². The summed E-state index contributed by atoms with van der Waals surface area (Å²) in [6.07, 6.45) is 2.06. The van der Waals surface area contributed by atoms with Crippen molar-refractivity contribution in [3.8, 4) is 0 Å². The molecule has 0 aliphatic rings. The number of aromatic nitrogens is 2. The van der Waals surface area contributed by atoms with E-state index >= 15 is 0 Å². The predicted octanol–water partition coefficient (Wildman–Crippen LogP) is 1.75. The van der Waals surface area contributed by atoms with Crippen LogP contribution in [0.5, 0.6) is 0 Å². The van der Waals surface area contributed by atoms with E-state index in [1.165, 1.54) is 11.3 Å². The second-order valence-corrected chi connectivity index (χ2v) is 3.47. The molecule has 2 heteroatoms. The van der Waals surface area contributed by atoms with Gasteiger partial charge in [-0.15, -0.1) is 0 Å². The zero-order valence-corrected chi connectivity index (χ0v) is 8.20. The fourth-order valence-electron chi connectivity index (χ4n) is 1.56. The molecule has 0 saturated heterocycles. The van der Waals surface area contributed by atoms with Crippen LogP contribution in [0.2, 0.25) is 0 Å². The number of aryl methyl sites for hydroxylation is 3. The van der Waals surface area contributed by atoms with Crippen LogP contribution in [0.25, 0.3) is 5.65 Å². The van der Waals surface area contributed by atoms with Gasteiger partial charge in [0.05, 0.1) is 6.20 Å². The van der Waals surface area contributed by atoms with Gasteiger partial charge in [0, 0.05) is 19.1 Å². The first-order valence-electron chi connectivity index (χ1n) is 4.43. The number of rotatable bonds is 0. The molecule has 0 spiro atoms. The Bertz CT molecular complexity index is 456. The molecule has 66 valence electrons. The number of nitrogens with zero attached hydrogens (tertiary/aromatic N) is 2. The zero-order chi connectivity index (χ0) is 9.42. The highest BCUT2D eigenvalue weighted by Gasteiger charge is 2.07. The summed E-state index contributed by atoms with van der Waals surface area (Å²) in [7, 11) is 0. The van der Waals surface area contributed by atoms with Gasteiger partial charge >= 0.3 is 5.65 Å². The summed E-state index contributed by atoms with van der Waals surface area (Å²) in [4.78, 5) is 4.46. The lowest BCUT2D eigenvalue weighted by Gasteiger charge is -1.97. The summed E-state index contributed by atoms with van der Waals surface area (Å²) in [5.74, 6) is 0. The number of fused-ring (bicyclic) bond motifs is 1. The molecule has 0 aliphatic carbocycles. The minimum absolute atomic E-state index is 1.03. The molecule has 13 heavy (non-hydrogen) atoms. The Labute approximate surface area is 77.9 Å². The van der Waals surface area contributed by atoms with E-state index in [1.807, 2.05) is 6.92 Å². The van der Waals surface area contributed by atoms with Crippen molar-refractivity contribution in [3.05, 3.63) is 41.3 Å². The SMILES string of the molecule is Cc1cc[n+]2c(C)cc(C)nc2c1. The van der Waals surface area contributed by atoms with Crippen molar-refractivity contribution in [2.75, 3.05) is 0 Å². The minimum Gasteiger partial charge on any atom is -0.201 e. The summed E-state index contributed by atoms with van der Waals surface area (Å²) in [5, 5.41) is 0. The van der Waals surface area contributed by atoms with E-state index in [9.17, 15) is 0 Å². The van der Waals surface area contributed by atoms with Gasteiger partial charge in [-0.3, -0.25) is 0 Å². The molecule has 0 aliphatic heterocycles. The van der Waals surface area contributed by atoms with Crippen LogP contribution in [0.1, 0.15) is 17.0 Å². The van der Waals surface area contributed by atoms with E-state index in [-0.39, 0.29) is 0 Å². The average molecular weight is 173 g/mol. The maximum absolute atomic E-state index is 4.46. The number of pyridine rings is 1. The van der Waals surface area contributed by atoms with Crippen LogP contribution < -0.4 is 4.40 Å². The normalized spacial score (nSPS) is 10.7. The lowest BCUT2D eigenvalue weighted by molar-refractivity contribution is -0.522. The van der Waals surface area contributed by atoms with Gasteiger partial charge < -0.3 is 0 Å². The third-order valence-corrected chi connectivity index (χ3v) is 2.18. The molecule has 0 aromatic carbocycles. The van der Waals surface area contributed by atoms with Crippen LogP contribution in [0.15, 0.2) is 24.4 Å². The van der Waals surface area contributed by atoms with E-state index < -0.39 is 0 Å². The van der Waals surface area contributed by atoms with Crippen LogP contribution in [-0.2, 0) is 0 Å². The van der Waals surface area contributed by atoms with Gasteiger partial charge in [-0.05, 0) is 30.5 Å². The number of hydrogen-bond donors (Lipinski definition) is 0. The van der Waals surface area contributed by atoms with Crippen molar-refractivity contribution in [1.82, 2.24) is 4.98 Å². The summed E-state index contributed by atoms with van der Waals surface area (Å²) >= 11 is 0. The van der Waals surface area contributed by atoms with Gasteiger partial charge in [-0.2, -0.15) is 0 Å². The Morgan fingerprint density at radius 2 is 1.92 bits per heavy atom. The molecule has 0 unspecified atom stereocenters. The highest BCUT2D eigenvalue weighted by Crippen LogP contribution is 2.01. The molecule has 0 bridgehead atoms. The molecular formula is C11H13N2+. The van der Waals surface area contributed by atoms with Crippen molar-refractivity contribution in [1.29, 1.82) is 0 Å². The van der Waals surface area contributed by atoms with E-state index in [0.29, 0.717) is 0 Å². The lowest BCUT2D eigenvalue weighted by atomic mass is 10.2. The van der Waals surface area contributed by atoms with Gasteiger partial charge in [0.1, 0.15) is 5.69 Å². The average Bonchev–Trinajstić information content (AvgIpc) is 2.02. The van der Waals surface area contributed by atoms with Gasteiger partial charge in [0.15, 0.2) is 5.69 Å². The van der Waals surface area contributed by atoms with Gasteiger partial charge in [0.2, 0.25) is 0 Å². The van der Waals surface area contributed by atoms with E-state index in [0.717, 1.165) is 11.3 Å². The first-order chi connectivity index (χ1) is 6.16. The van der Waals surface area contributed by atoms with Crippen molar-refractivity contribution in [2.24, 2.45) is 0 Å². The Morgan fingerprint density at radius 1 is 1.15 bits per heavy atom. The van der Waals surface area contributed by atoms with Crippen LogP contribution in [0.4, 0.5) is 0 Å². The van der Waals surface area contributed by atoms with Gasteiger partial charge in [-0.25, -0.2) is 4.40 Å². The first kappa shape index (κ1) is 8.17. The molecule has 2 aromatic rings. The van der Waals surface area contributed by atoms with Crippen LogP contribution >= 0.6 is 0 Å². The van der Waals surface area contributed by atoms with E-state index in [4.69, 9.17) is 0 Å². The molecule has 0 amide bonds. The summed E-state index contributed by atoms with van der Waals surface area (Å²) < 4.78 is 2.10. The van der Waals surface area contributed by atoms with Crippen molar-refractivity contribution < 1.29 is 4.40 Å². The standard InChI is InChI=1S/C11H13N2/c1-8-4-5-13-10(3)7-9(2)12-11(13)6-8/h4-7H,1-3H3/q+1. The van der Waals surface area contributed by atoms with Crippen LogP contribution in [-0.4, -0.2) is 4.98 Å². The number of hydrogen-bond acceptors (Lipinski definition) is 1. The molecule has 0 saturated carbocycles. The van der Waals surface area contributed by atoms with Crippen molar-refractivity contribution >= 4 is 5.65 Å². The largest absolute Gasteiger partial charge is 0.328 e. The molecule has 2 nitrogen and oxygen atoms in total. The minimum atomic E-state index is 1.03. The highest BCUT2D eigenvalue weighted by molar-refractivity contribution is 5.33. The second kappa shape index (κ2) is 2.80. The predicted molar refractivity (Wildman–Crippen MR) is 51.6 cm³/mol. The molecule has 2 aromatic heterocycles.